The van der Waals surface area contributed by atoms with Crippen molar-refractivity contribution >= 4 is 11.6 Å². The molecule has 0 saturated heterocycles. The van der Waals surface area contributed by atoms with Gasteiger partial charge in [0.25, 0.3) is 0 Å². The van der Waals surface area contributed by atoms with Gasteiger partial charge in [0, 0.05) is 24.7 Å². The van der Waals surface area contributed by atoms with Crippen molar-refractivity contribution < 1.29 is 0 Å². The summed E-state index contributed by atoms with van der Waals surface area (Å²) in [5.74, 6) is 0.601. The van der Waals surface area contributed by atoms with Gasteiger partial charge in [-0.25, -0.2) is 19.5 Å². The molecule has 0 amide bonds. The van der Waals surface area contributed by atoms with Crippen molar-refractivity contribution in [3.8, 4) is 0 Å². The molecule has 0 saturated carbocycles. The highest BCUT2D eigenvalue weighted by Gasteiger charge is 2.02. The average Bonchev–Trinajstić information content (AvgIpc) is 2.86. The molecule has 6 nitrogen and oxygen atoms in total. The monoisotopic (exact) mass is 226 g/mol. The van der Waals surface area contributed by atoms with E-state index >= 15 is 0 Å². The molecule has 0 fully saturated rings. The van der Waals surface area contributed by atoms with Gasteiger partial charge in [-0.2, -0.15) is 5.10 Å². The molecule has 84 valence electrons. The lowest BCUT2D eigenvalue weighted by Crippen LogP contribution is -2.08. The number of hydrogen-bond donors (Lipinski definition) is 1. The van der Waals surface area contributed by atoms with Gasteiger partial charge in [0.15, 0.2) is 5.65 Å². The first kappa shape index (κ1) is 9.71. The Bertz CT molecular complexity index is 618. The van der Waals surface area contributed by atoms with Crippen LogP contribution in [0.4, 0.5) is 5.95 Å². The Kier molecular flexibility index (Phi) is 2.38. The van der Waals surface area contributed by atoms with Crippen molar-refractivity contribution in [3.05, 3.63) is 48.7 Å². The zero-order chi connectivity index (χ0) is 11.5. The minimum atomic E-state index is 0.601. The lowest BCUT2D eigenvalue weighted by atomic mass is 10.4. The standard InChI is InChI=1S/C11H10N6/c1-4-13-11(14-5-1)15-8-9-2-6-12-10-3-7-16-17(9)10/h1-7H,8H2,(H,13,14,15). The minimum absolute atomic E-state index is 0.601. The molecule has 0 aliphatic carbocycles. The lowest BCUT2D eigenvalue weighted by Gasteiger charge is -2.05. The molecule has 6 heteroatoms. The Morgan fingerprint density at radius 2 is 1.88 bits per heavy atom. The summed E-state index contributed by atoms with van der Waals surface area (Å²) in [5, 5.41) is 7.34. The van der Waals surface area contributed by atoms with Gasteiger partial charge in [-0.1, -0.05) is 0 Å². The molecule has 0 atom stereocenters. The van der Waals surface area contributed by atoms with Crippen molar-refractivity contribution in [2.45, 2.75) is 6.54 Å². The largest absolute Gasteiger partial charge is 0.349 e. The van der Waals surface area contributed by atoms with Crippen LogP contribution in [-0.2, 0) is 6.54 Å². The van der Waals surface area contributed by atoms with Crippen LogP contribution in [0.2, 0.25) is 0 Å². The van der Waals surface area contributed by atoms with Crippen LogP contribution in [0.1, 0.15) is 5.69 Å². The molecule has 3 aromatic heterocycles. The first-order valence-electron chi connectivity index (χ1n) is 5.22. The Morgan fingerprint density at radius 1 is 1.00 bits per heavy atom. The van der Waals surface area contributed by atoms with Gasteiger partial charge < -0.3 is 5.32 Å². The second kappa shape index (κ2) is 4.17. The van der Waals surface area contributed by atoms with Gasteiger partial charge in [-0.15, -0.1) is 0 Å². The Morgan fingerprint density at radius 3 is 2.76 bits per heavy atom. The molecule has 0 aliphatic heterocycles. The van der Waals surface area contributed by atoms with E-state index in [0.29, 0.717) is 12.5 Å². The number of aromatic nitrogens is 5. The smallest absolute Gasteiger partial charge is 0.222 e. The van der Waals surface area contributed by atoms with E-state index in [1.165, 1.54) is 0 Å². The molecule has 3 rings (SSSR count). The summed E-state index contributed by atoms with van der Waals surface area (Å²) >= 11 is 0. The molecular weight excluding hydrogens is 216 g/mol. The van der Waals surface area contributed by atoms with Crippen molar-refractivity contribution in [1.29, 1.82) is 0 Å². The molecule has 0 unspecified atom stereocenters. The van der Waals surface area contributed by atoms with E-state index in [1.54, 1.807) is 35.4 Å². The summed E-state index contributed by atoms with van der Waals surface area (Å²) < 4.78 is 1.79. The summed E-state index contributed by atoms with van der Waals surface area (Å²) in [7, 11) is 0. The summed E-state index contributed by atoms with van der Waals surface area (Å²) in [6.45, 7) is 0.602. The first-order chi connectivity index (χ1) is 8.43. The van der Waals surface area contributed by atoms with Crippen LogP contribution >= 0.6 is 0 Å². The third-order valence-corrected chi connectivity index (χ3v) is 2.36. The van der Waals surface area contributed by atoms with Gasteiger partial charge in [0.05, 0.1) is 18.4 Å². The molecule has 3 heterocycles. The Balaban J connectivity index is 1.84. The number of rotatable bonds is 3. The fourth-order valence-corrected chi connectivity index (χ4v) is 1.58. The van der Waals surface area contributed by atoms with Gasteiger partial charge in [0.1, 0.15) is 0 Å². The van der Waals surface area contributed by atoms with E-state index in [2.05, 4.69) is 25.4 Å². The van der Waals surface area contributed by atoms with Gasteiger partial charge >= 0.3 is 0 Å². The third kappa shape index (κ3) is 1.92. The number of fused-ring (bicyclic) bond motifs is 1. The molecule has 0 bridgehead atoms. The van der Waals surface area contributed by atoms with Crippen LogP contribution in [0.5, 0.6) is 0 Å². The highest BCUT2D eigenvalue weighted by molar-refractivity contribution is 5.37. The molecule has 0 aliphatic rings. The number of hydrogen-bond acceptors (Lipinski definition) is 5. The first-order valence-corrected chi connectivity index (χ1v) is 5.22. The SMILES string of the molecule is c1cnc(NCc2ccnc3ccnn23)nc1. The molecule has 17 heavy (non-hydrogen) atoms. The van der Waals surface area contributed by atoms with Crippen molar-refractivity contribution in [2.24, 2.45) is 0 Å². The third-order valence-electron chi connectivity index (χ3n) is 2.36. The predicted molar refractivity (Wildman–Crippen MR) is 62.3 cm³/mol. The maximum atomic E-state index is 4.20. The number of nitrogens with one attached hydrogen (secondary N) is 1. The topological polar surface area (TPSA) is 68.0 Å². The Labute approximate surface area is 97.4 Å². The van der Waals surface area contributed by atoms with E-state index in [0.717, 1.165) is 11.3 Å². The number of anilines is 1. The summed E-state index contributed by atoms with van der Waals surface area (Å²) in [6, 6.07) is 5.56. The van der Waals surface area contributed by atoms with Crippen LogP contribution in [0.3, 0.4) is 0 Å². The molecular formula is C11H10N6. The maximum absolute atomic E-state index is 4.20. The minimum Gasteiger partial charge on any atom is -0.349 e. The predicted octanol–water partition coefficient (Wildman–Crippen LogP) is 1.13. The zero-order valence-corrected chi connectivity index (χ0v) is 8.98. The lowest BCUT2D eigenvalue weighted by molar-refractivity contribution is 0.848. The molecule has 0 radical (unpaired) electrons. The van der Waals surface area contributed by atoms with Gasteiger partial charge in [0.2, 0.25) is 5.95 Å². The van der Waals surface area contributed by atoms with Crippen molar-refractivity contribution in [3.63, 3.8) is 0 Å². The van der Waals surface area contributed by atoms with Gasteiger partial charge in [-0.05, 0) is 12.1 Å². The summed E-state index contributed by atoms with van der Waals surface area (Å²) in [4.78, 5) is 12.4. The fraction of sp³-hybridized carbons (Fsp3) is 0.0909. The van der Waals surface area contributed by atoms with E-state index in [-0.39, 0.29) is 0 Å². The fourth-order valence-electron chi connectivity index (χ4n) is 1.58. The van der Waals surface area contributed by atoms with Crippen molar-refractivity contribution in [1.82, 2.24) is 24.6 Å². The van der Waals surface area contributed by atoms with Crippen LogP contribution in [0.25, 0.3) is 5.65 Å². The molecule has 1 N–H and O–H groups in total. The highest BCUT2D eigenvalue weighted by atomic mass is 15.3. The quantitative estimate of drug-likeness (QED) is 0.725. The maximum Gasteiger partial charge on any atom is 0.222 e. The van der Waals surface area contributed by atoms with E-state index in [1.807, 2.05) is 12.1 Å². The van der Waals surface area contributed by atoms with Crippen LogP contribution in [-0.4, -0.2) is 24.6 Å². The van der Waals surface area contributed by atoms with Crippen LogP contribution in [0.15, 0.2) is 43.0 Å². The normalized spacial score (nSPS) is 10.6. The molecule has 0 aromatic carbocycles. The van der Waals surface area contributed by atoms with Crippen LogP contribution in [0, 0.1) is 0 Å². The second-order valence-corrected chi connectivity index (χ2v) is 3.46. The average molecular weight is 226 g/mol. The zero-order valence-electron chi connectivity index (χ0n) is 8.98. The second-order valence-electron chi connectivity index (χ2n) is 3.46. The summed E-state index contributed by atoms with van der Waals surface area (Å²) in [6.07, 6.45) is 6.89. The van der Waals surface area contributed by atoms with E-state index in [4.69, 9.17) is 0 Å². The number of nitrogens with zero attached hydrogens (tertiary/aromatic N) is 5. The van der Waals surface area contributed by atoms with Crippen molar-refractivity contribution in [2.75, 3.05) is 5.32 Å². The van der Waals surface area contributed by atoms with Gasteiger partial charge in [-0.3, -0.25) is 0 Å². The van der Waals surface area contributed by atoms with Crippen LogP contribution < -0.4 is 5.32 Å². The Hall–Kier alpha value is -2.50. The molecule has 3 aromatic rings. The van der Waals surface area contributed by atoms with E-state index < -0.39 is 0 Å². The molecule has 0 spiro atoms. The van der Waals surface area contributed by atoms with E-state index in [9.17, 15) is 0 Å². The highest BCUT2D eigenvalue weighted by Crippen LogP contribution is 2.05. The summed E-state index contributed by atoms with van der Waals surface area (Å²) in [5.41, 5.74) is 1.84.